The fourth-order valence-electron chi connectivity index (χ4n) is 12.1. The summed E-state index contributed by atoms with van der Waals surface area (Å²) in [6, 6.07) is 82.0. The van der Waals surface area contributed by atoms with Gasteiger partial charge in [-0.3, -0.25) is 0 Å². The maximum absolute atomic E-state index is 7.09. The molecule has 0 unspecified atom stereocenters. The van der Waals surface area contributed by atoms with Crippen LogP contribution in [0.25, 0.3) is 64.6 Å². The van der Waals surface area contributed by atoms with E-state index in [1.165, 1.54) is 0 Å². The Labute approximate surface area is 496 Å². The molecule has 0 aliphatic carbocycles. The Kier molecular flexibility index (Phi) is 10.6. The van der Waals surface area contributed by atoms with E-state index in [1.807, 2.05) is 133 Å². The molecule has 18 rings (SSSR count). The zero-order valence-electron chi connectivity index (χ0n) is 44.8. The van der Waals surface area contributed by atoms with Gasteiger partial charge in [0.25, 0.3) is 0 Å². The molecule has 14 aromatic rings. The fraction of sp³-hybridized carbons (Fsp3) is 0. The van der Waals surface area contributed by atoms with Crippen LogP contribution in [0, 0.1) is 0 Å². The molecule has 0 atom stereocenters. The first-order valence-corrected chi connectivity index (χ1v) is 31.4. The predicted molar refractivity (Wildman–Crippen MR) is 337 cm³/mol. The third-order valence-corrected chi connectivity index (χ3v) is 20.9. The standard InChI is InChI=1S/C72H40N8O4.Pb/c1-5-17-45-37-49(33-29-41(45)13-1)81-57-25-9-21-53-61(57)69-73-65(53)78-70-63-55(23-11-27-59(63)83-51-35-31-43-15-3-7-19-47(43)39-51)67(75-70)80-72-64-56(24-12-28-60(64)84-52-36-32-44-16-4-8-20-48(44)40-52)68(76-72)79-71-62-54(66(74-71)77-69)22-10-26-58(62)82-50-34-30-42-14-2-6-18-46(42)38-50;/h1-40H;/q-2;+2. The van der Waals surface area contributed by atoms with Gasteiger partial charge < -0.3 is 0 Å². The fourth-order valence-corrected chi connectivity index (χ4v) is 17.0. The van der Waals surface area contributed by atoms with Crippen molar-refractivity contribution in [3.05, 3.63) is 276 Å². The van der Waals surface area contributed by atoms with Crippen molar-refractivity contribution in [1.29, 1.82) is 0 Å². The Hall–Kier alpha value is -10.8. The Bertz CT molecular complexity index is 5560. The third kappa shape index (κ3) is 7.86. The number of aromatic nitrogens is 2. The number of nitrogens with zero attached hydrogens (tertiary/aromatic N) is 8. The molecule has 0 amide bonds. The van der Waals surface area contributed by atoms with Gasteiger partial charge in [0.2, 0.25) is 0 Å². The summed E-state index contributed by atoms with van der Waals surface area (Å²) in [6.45, 7) is 0. The zero-order chi connectivity index (χ0) is 55.7. The number of benzene rings is 12. The minimum atomic E-state index is -2.72. The van der Waals surface area contributed by atoms with Crippen molar-refractivity contribution < 1.29 is 18.9 Å². The van der Waals surface area contributed by atoms with E-state index in [4.69, 9.17) is 48.9 Å². The molecule has 2 radical (unpaired) electrons. The van der Waals surface area contributed by atoms with Gasteiger partial charge in [0.1, 0.15) is 0 Å². The molecule has 12 nitrogen and oxygen atoms in total. The van der Waals surface area contributed by atoms with Crippen LogP contribution < -0.4 is 29.9 Å². The summed E-state index contributed by atoms with van der Waals surface area (Å²) < 4.78 is 32.7. The van der Waals surface area contributed by atoms with Gasteiger partial charge in [-0.15, -0.1) is 0 Å². The third-order valence-electron chi connectivity index (χ3n) is 16.1. The molecule has 85 heavy (non-hydrogen) atoms. The van der Waals surface area contributed by atoms with Crippen molar-refractivity contribution in [1.82, 2.24) is 4.75 Å². The Morgan fingerprint density at radius 2 is 0.659 bits per heavy atom. The van der Waals surface area contributed by atoms with Crippen LogP contribution in [-0.4, -0.2) is 52.9 Å². The van der Waals surface area contributed by atoms with Crippen LogP contribution in [-0.2, 0) is 0 Å². The van der Waals surface area contributed by atoms with Gasteiger partial charge in [0.15, 0.2) is 0 Å². The number of hydrogen-bond acceptors (Lipinski definition) is 10. The van der Waals surface area contributed by atoms with E-state index in [0.717, 1.165) is 75.8 Å². The van der Waals surface area contributed by atoms with E-state index in [2.05, 4.69) is 114 Å². The SMILES string of the molecule is c1cc(Oc2ccc3ccccc3c2)c2c(c1)C1=Nc3c4c(Oc5ccc6ccccc6c5)cccc4c4[n]3[Pb][n]3c(c5cccc(Oc6ccc7ccccc7c6)c5c3=NC3=NC(=N4)c4c(Oc5ccc6ccccc6c5)cccc43)=NC2=N1. The van der Waals surface area contributed by atoms with Crippen molar-refractivity contribution in [3.63, 3.8) is 0 Å². The molecule has 12 aromatic carbocycles. The molecule has 6 heterocycles. The van der Waals surface area contributed by atoms with Gasteiger partial charge in [-0.25, -0.2) is 0 Å². The summed E-state index contributed by atoms with van der Waals surface area (Å²) in [5.74, 6) is 8.25. The van der Waals surface area contributed by atoms with Crippen molar-refractivity contribution in [3.8, 4) is 46.0 Å². The number of hydrogen-bond donors (Lipinski definition) is 0. The average Bonchev–Trinajstić information content (AvgIpc) is 1.71. The van der Waals surface area contributed by atoms with Crippen LogP contribution in [0.5, 0.6) is 46.0 Å². The summed E-state index contributed by atoms with van der Waals surface area (Å²) in [5, 5.41) is 11.9. The van der Waals surface area contributed by atoms with Gasteiger partial charge in [-0.1, -0.05) is 12.1 Å². The topological polar surface area (TPSA) is 121 Å². The van der Waals surface area contributed by atoms with E-state index in [1.54, 1.807) is 0 Å². The van der Waals surface area contributed by atoms with E-state index in [-0.39, 0.29) is 0 Å². The molecular formula is C72H40N8O4Pb. The summed E-state index contributed by atoms with van der Waals surface area (Å²) in [4.78, 5) is 33.7. The molecule has 13 heteroatoms. The second-order valence-electron chi connectivity index (χ2n) is 21.2. The van der Waals surface area contributed by atoms with E-state index in [0.29, 0.717) is 103 Å². The van der Waals surface area contributed by atoms with Gasteiger partial charge >= 0.3 is 488 Å². The predicted octanol–water partition coefficient (Wildman–Crippen LogP) is 16.3. The molecule has 396 valence electrons. The van der Waals surface area contributed by atoms with Crippen LogP contribution in [0.4, 0.5) is 11.6 Å². The van der Waals surface area contributed by atoms with E-state index >= 15 is 0 Å². The second kappa shape index (κ2) is 18.9. The van der Waals surface area contributed by atoms with Crippen LogP contribution in [0.1, 0.15) is 22.3 Å². The Balaban J connectivity index is 0.931. The quantitative estimate of drug-likeness (QED) is 0.141. The molecule has 0 saturated heterocycles. The van der Waals surface area contributed by atoms with Crippen molar-refractivity contribution in [2.24, 2.45) is 30.0 Å². The molecule has 4 aliphatic rings. The van der Waals surface area contributed by atoms with E-state index < -0.39 is 24.8 Å². The van der Waals surface area contributed by atoms with E-state index in [9.17, 15) is 0 Å². The Morgan fingerprint density at radius 3 is 1.18 bits per heavy atom. The number of amidine groups is 4. The van der Waals surface area contributed by atoms with Gasteiger partial charge in [0, 0.05) is 0 Å². The van der Waals surface area contributed by atoms with Gasteiger partial charge in [-0.05, 0) is 0 Å². The Morgan fingerprint density at radius 1 is 0.271 bits per heavy atom. The van der Waals surface area contributed by atoms with Crippen molar-refractivity contribution >= 4 is 124 Å². The van der Waals surface area contributed by atoms with Crippen molar-refractivity contribution in [2.75, 3.05) is 0 Å². The molecule has 6 bridgehead atoms. The monoisotopic (exact) mass is 1290 g/mol. The first-order chi connectivity index (χ1) is 42.0. The first kappa shape index (κ1) is 47.8. The molecule has 0 fully saturated rings. The maximum atomic E-state index is 7.09. The van der Waals surface area contributed by atoms with Crippen LogP contribution in [0.3, 0.4) is 0 Å². The molecular weight excluding hydrogens is 1250 g/mol. The van der Waals surface area contributed by atoms with Gasteiger partial charge in [0.05, 0.1) is 0 Å². The van der Waals surface area contributed by atoms with Gasteiger partial charge in [-0.2, -0.15) is 0 Å². The second-order valence-corrected chi connectivity index (χ2v) is 25.4. The number of ether oxygens (including phenoxy) is 4. The van der Waals surface area contributed by atoms with Crippen molar-refractivity contribution in [2.45, 2.75) is 0 Å². The molecule has 0 spiro atoms. The number of fused-ring (bicyclic) bond motifs is 18. The molecule has 2 aromatic heterocycles. The summed E-state index contributed by atoms with van der Waals surface area (Å²) in [5.41, 5.74) is 4.25. The summed E-state index contributed by atoms with van der Waals surface area (Å²) >= 11 is -2.72. The van der Waals surface area contributed by atoms with Crippen LogP contribution in [0.15, 0.2) is 273 Å². The van der Waals surface area contributed by atoms with Crippen LogP contribution in [0.2, 0.25) is 0 Å². The zero-order valence-corrected chi connectivity index (χ0v) is 48.7. The normalized spacial score (nSPS) is 13.6. The molecule has 0 saturated carbocycles. The molecule has 4 aliphatic heterocycles. The minimum absolute atomic E-state index is 0.449. The number of rotatable bonds is 8. The summed E-state index contributed by atoms with van der Waals surface area (Å²) in [6.07, 6.45) is 0. The first-order valence-electron chi connectivity index (χ1n) is 27.9. The summed E-state index contributed by atoms with van der Waals surface area (Å²) in [7, 11) is 0. The number of aliphatic imine (C=N–C) groups is 4. The molecule has 0 N–H and O–H groups in total. The average molecular weight is 1290 g/mol. The van der Waals surface area contributed by atoms with Crippen LogP contribution >= 0.6 is 0 Å².